The van der Waals surface area contributed by atoms with Crippen LogP contribution in [-0.4, -0.2) is 36.6 Å². The number of methoxy groups -OCH3 is 1. The Kier molecular flexibility index (Phi) is 2.48. The van der Waals surface area contributed by atoms with E-state index in [9.17, 15) is 0 Å². The fraction of sp³-hybridized carbons (Fsp3) is 0.556. The molecule has 1 aliphatic carbocycles. The van der Waals surface area contributed by atoms with Gasteiger partial charge in [-0.25, -0.2) is 0 Å². The van der Waals surface area contributed by atoms with Crippen LogP contribution in [0.4, 0.5) is 0 Å². The summed E-state index contributed by atoms with van der Waals surface area (Å²) in [5.41, 5.74) is 3.74. The Bertz CT molecular complexity index is 749. The van der Waals surface area contributed by atoms with Gasteiger partial charge in [0.2, 0.25) is 0 Å². The molecule has 0 radical (unpaired) electrons. The van der Waals surface area contributed by atoms with Crippen LogP contribution in [0, 0.1) is 0 Å². The highest BCUT2D eigenvalue weighted by atomic mass is 16.5. The molecular weight excluding hydrogens is 260 g/mol. The third kappa shape index (κ3) is 2.34. The SMILES string of the molecule is [2H]C([2H])([2H])N1CCC[C@@H]1Cc1c(C2CC2)[nH]c2ccc(OC)cc12. The Morgan fingerprint density at radius 1 is 1.38 bits per heavy atom. The lowest BCUT2D eigenvalue weighted by atomic mass is 9.99. The van der Waals surface area contributed by atoms with Crippen molar-refractivity contribution in [1.29, 1.82) is 0 Å². The summed E-state index contributed by atoms with van der Waals surface area (Å²) < 4.78 is 28.8. The molecule has 112 valence electrons. The number of ether oxygens (including phenoxy) is 1. The first kappa shape index (κ1) is 10.3. The monoisotopic (exact) mass is 287 g/mol. The van der Waals surface area contributed by atoms with Crippen LogP contribution in [0.15, 0.2) is 18.2 Å². The normalized spacial score (nSPS) is 25.8. The number of H-pyrrole nitrogens is 1. The minimum atomic E-state index is -2.00. The molecule has 1 aliphatic heterocycles. The molecule has 0 bridgehead atoms. The summed E-state index contributed by atoms with van der Waals surface area (Å²) in [6.07, 6.45) is 5.18. The molecule has 1 N–H and O–H groups in total. The molecule has 2 heterocycles. The molecule has 3 nitrogen and oxygen atoms in total. The molecule has 2 aliphatic rings. The summed E-state index contributed by atoms with van der Waals surface area (Å²) in [6, 6.07) is 6.23. The van der Waals surface area contributed by atoms with Crippen molar-refractivity contribution in [1.82, 2.24) is 9.88 Å². The van der Waals surface area contributed by atoms with Crippen molar-refractivity contribution >= 4 is 10.9 Å². The highest BCUT2D eigenvalue weighted by molar-refractivity contribution is 5.86. The number of hydrogen-bond donors (Lipinski definition) is 1. The molecule has 1 aromatic carbocycles. The van der Waals surface area contributed by atoms with Gasteiger partial charge in [-0.05, 0) is 75.3 Å². The first-order valence-corrected chi connectivity index (χ1v) is 7.92. The molecule has 0 spiro atoms. The smallest absolute Gasteiger partial charge is 0.119 e. The summed E-state index contributed by atoms with van der Waals surface area (Å²) in [6.45, 7) is -1.32. The van der Waals surface area contributed by atoms with Crippen molar-refractivity contribution < 1.29 is 8.85 Å². The first-order chi connectivity index (χ1) is 11.5. The summed E-state index contributed by atoms with van der Waals surface area (Å²) >= 11 is 0. The van der Waals surface area contributed by atoms with E-state index in [0.29, 0.717) is 12.5 Å². The highest BCUT2D eigenvalue weighted by Gasteiger charge is 2.31. The molecule has 21 heavy (non-hydrogen) atoms. The van der Waals surface area contributed by atoms with Gasteiger partial charge in [-0.1, -0.05) is 0 Å². The second-order valence-corrected chi connectivity index (χ2v) is 6.40. The van der Waals surface area contributed by atoms with E-state index < -0.39 is 6.98 Å². The lowest BCUT2D eigenvalue weighted by molar-refractivity contribution is 0.309. The maximum atomic E-state index is 7.80. The zero-order valence-electron chi connectivity index (χ0n) is 15.5. The summed E-state index contributed by atoms with van der Waals surface area (Å²) in [5, 5.41) is 1.19. The number of aromatic amines is 1. The Labute approximate surface area is 130 Å². The molecular formula is C18H24N2O. The van der Waals surface area contributed by atoms with Crippen LogP contribution in [0.25, 0.3) is 10.9 Å². The van der Waals surface area contributed by atoms with Gasteiger partial charge in [0.1, 0.15) is 5.75 Å². The quantitative estimate of drug-likeness (QED) is 0.929. The number of likely N-dealkylation sites (tertiary alicyclic amines) is 1. The standard InChI is InChI=1S/C18H24N2O/c1-20-9-3-4-13(20)10-16-15-11-14(21-2)7-8-17(15)19-18(16)12-5-6-12/h7-8,11-13,19H,3-6,9-10H2,1-2H3/t13-/m1/s1/i1D3. The zero-order chi connectivity index (χ0) is 16.9. The lowest BCUT2D eigenvalue weighted by Crippen LogP contribution is -2.27. The van der Waals surface area contributed by atoms with E-state index in [0.717, 1.165) is 30.5 Å². The number of aromatic nitrogens is 1. The van der Waals surface area contributed by atoms with Crippen LogP contribution >= 0.6 is 0 Å². The van der Waals surface area contributed by atoms with E-state index in [1.807, 2.05) is 6.07 Å². The average Bonchev–Trinajstić information content (AvgIpc) is 3.16. The van der Waals surface area contributed by atoms with Crippen LogP contribution in [0.2, 0.25) is 0 Å². The van der Waals surface area contributed by atoms with Crippen molar-refractivity contribution in [2.75, 3.05) is 20.6 Å². The molecule has 1 saturated heterocycles. The molecule has 1 atom stereocenters. The Balaban J connectivity index is 1.73. The molecule has 2 fully saturated rings. The molecule has 0 unspecified atom stereocenters. The molecule has 3 heteroatoms. The molecule has 1 saturated carbocycles. The molecule has 0 amide bonds. The van der Waals surface area contributed by atoms with E-state index in [1.54, 1.807) is 12.0 Å². The number of nitrogens with one attached hydrogen (secondary N) is 1. The van der Waals surface area contributed by atoms with E-state index in [2.05, 4.69) is 17.1 Å². The number of rotatable bonds is 4. The second kappa shape index (κ2) is 5.06. The van der Waals surface area contributed by atoms with E-state index in [4.69, 9.17) is 8.85 Å². The van der Waals surface area contributed by atoms with Crippen LogP contribution in [0.3, 0.4) is 0 Å². The summed E-state index contributed by atoms with van der Waals surface area (Å²) in [7, 11) is 1.68. The number of fused-ring (bicyclic) bond motifs is 1. The van der Waals surface area contributed by atoms with Crippen molar-refractivity contribution in [2.45, 2.75) is 44.1 Å². The van der Waals surface area contributed by atoms with Crippen molar-refractivity contribution in [3.8, 4) is 5.75 Å². The van der Waals surface area contributed by atoms with E-state index >= 15 is 0 Å². The van der Waals surface area contributed by atoms with E-state index in [-0.39, 0.29) is 6.04 Å². The topological polar surface area (TPSA) is 28.3 Å². The Morgan fingerprint density at radius 2 is 2.29 bits per heavy atom. The number of nitrogens with zero attached hydrogens (tertiary/aromatic N) is 1. The minimum Gasteiger partial charge on any atom is -0.497 e. The van der Waals surface area contributed by atoms with Crippen LogP contribution in [0.5, 0.6) is 5.75 Å². The van der Waals surface area contributed by atoms with E-state index in [1.165, 1.54) is 29.5 Å². The van der Waals surface area contributed by atoms with Crippen molar-refractivity contribution in [2.24, 2.45) is 0 Å². The average molecular weight is 287 g/mol. The Hall–Kier alpha value is -1.48. The van der Waals surface area contributed by atoms with Crippen LogP contribution in [-0.2, 0) is 6.42 Å². The predicted octanol–water partition coefficient (Wildman–Crippen LogP) is 3.69. The second-order valence-electron chi connectivity index (χ2n) is 6.40. The Morgan fingerprint density at radius 3 is 3.05 bits per heavy atom. The molecule has 1 aromatic heterocycles. The van der Waals surface area contributed by atoms with Gasteiger partial charge in [-0.3, -0.25) is 0 Å². The van der Waals surface area contributed by atoms with Gasteiger partial charge in [0.05, 0.1) is 7.11 Å². The minimum absolute atomic E-state index is 0.0974. The third-order valence-electron chi connectivity index (χ3n) is 4.95. The van der Waals surface area contributed by atoms with Gasteiger partial charge in [-0.15, -0.1) is 0 Å². The van der Waals surface area contributed by atoms with Gasteiger partial charge in [0.15, 0.2) is 0 Å². The zero-order valence-corrected chi connectivity index (χ0v) is 12.5. The van der Waals surface area contributed by atoms with Crippen LogP contribution < -0.4 is 4.74 Å². The van der Waals surface area contributed by atoms with Gasteiger partial charge < -0.3 is 14.6 Å². The van der Waals surface area contributed by atoms with Gasteiger partial charge in [0.25, 0.3) is 0 Å². The lowest BCUT2D eigenvalue weighted by Gasteiger charge is -2.20. The van der Waals surface area contributed by atoms with Gasteiger partial charge in [0, 0.05) is 26.8 Å². The maximum absolute atomic E-state index is 7.80. The number of hydrogen-bond acceptors (Lipinski definition) is 2. The third-order valence-corrected chi connectivity index (χ3v) is 4.95. The molecule has 2 aromatic rings. The van der Waals surface area contributed by atoms with Gasteiger partial charge >= 0.3 is 0 Å². The highest BCUT2D eigenvalue weighted by Crippen LogP contribution is 2.44. The van der Waals surface area contributed by atoms with Gasteiger partial charge in [-0.2, -0.15) is 0 Å². The predicted molar refractivity (Wildman–Crippen MR) is 86.2 cm³/mol. The maximum Gasteiger partial charge on any atom is 0.119 e. The first-order valence-electron chi connectivity index (χ1n) is 9.42. The largest absolute Gasteiger partial charge is 0.497 e. The number of benzene rings is 1. The summed E-state index contributed by atoms with van der Waals surface area (Å²) in [4.78, 5) is 5.30. The number of likely N-dealkylation sites (N-methyl/N-ethyl adjacent to an activating group) is 1. The van der Waals surface area contributed by atoms with Crippen molar-refractivity contribution in [3.63, 3.8) is 0 Å². The summed E-state index contributed by atoms with van der Waals surface area (Å²) in [5.74, 6) is 1.46. The van der Waals surface area contributed by atoms with Crippen LogP contribution in [0.1, 0.15) is 47.0 Å². The van der Waals surface area contributed by atoms with Crippen molar-refractivity contribution in [3.05, 3.63) is 29.5 Å². The molecule has 4 rings (SSSR count). The fourth-order valence-corrected chi connectivity index (χ4v) is 3.60. The fourth-order valence-electron chi connectivity index (χ4n) is 3.60.